The molecular formula is C16H26N2O3. The van der Waals surface area contributed by atoms with E-state index in [2.05, 4.69) is 24.0 Å². The highest BCUT2D eigenvalue weighted by Crippen LogP contribution is 2.47. The SMILES string of the molecule is COC1CN(C(CN)c2ccc(C3CC3C)o2)CC1OC. The van der Waals surface area contributed by atoms with Gasteiger partial charge in [-0.25, -0.2) is 0 Å². The largest absolute Gasteiger partial charge is 0.464 e. The molecule has 2 heterocycles. The van der Waals surface area contributed by atoms with Gasteiger partial charge in [-0.15, -0.1) is 0 Å². The summed E-state index contributed by atoms with van der Waals surface area (Å²) in [6, 6.07) is 4.30. The number of ether oxygens (including phenoxy) is 2. The molecule has 5 nitrogen and oxygen atoms in total. The molecule has 3 rings (SSSR count). The molecule has 1 aliphatic carbocycles. The van der Waals surface area contributed by atoms with Crippen molar-refractivity contribution in [3.63, 3.8) is 0 Å². The molecule has 5 atom stereocenters. The fourth-order valence-electron chi connectivity index (χ4n) is 3.39. The Labute approximate surface area is 126 Å². The first-order valence-corrected chi connectivity index (χ1v) is 7.77. The Morgan fingerprint density at radius 3 is 2.38 bits per heavy atom. The molecule has 21 heavy (non-hydrogen) atoms. The fourth-order valence-corrected chi connectivity index (χ4v) is 3.39. The Balaban J connectivity index is 1.71. The Kier molecular flexibility index (Phi) is 4.36. The molecule has 2 aliphatic rings. The number of nitrogens with zero attached hydrogens (tertiary/aromatic N) is 1. The standard InChI is InChI=1S/C16H26N2O3/c1-10-6-11(10)13-4-5-14(21-13)12(7-17)18-8-15(19-2)16(9-18)20-3/h4-5,10-12,15-16H,6-9,17H2,1-3H3. The van der Waals surface area contributed by atoms with E-state index in [0.717, 1.165) is 30.5 Å². The lowest BCUT2D eigenvalue weighted by Crippen LogP contribution is -2.32. The average molecular weight is 294 g/mol. The van der Waals surface area contributed by atoms with Gasteiger partial charge in [0.1, 0.15) is 11.5 Å². The first-order valence-electron chi connectivity index (χ1n) is 7.77. The molecule has 5 heteroatoms. The summed E-state index contributed by atoms with van der Waals surface area (Å²) >= 11 is 0. The molecule has 2 fully saturated rings. The summed E-state index contributed by atoms with van der Waals surface area (Å²) in [6.07, 6.45) is 1.44. The molecule has 0 bridgehead atoms. The van der Waals surface area contributed by atoms with Gasteiger partial charge in [0.25, 0.3) is 0 Å². The number of hydrogen-bond acceptors (Lipinski definition) is 5. The number of methoxy groups -OCH3 is 2. The van der Waals surface area contributed by atoms with Gasteiger partial charge in [0.15, 0.2) is 0 Å². The highest BCUT2D eigenvalue weighted by molar-refractivity contribution is 5.20. The second-order valence-corrected chi connectivity index (χ2v) is 6.31. The van der Waals surface area contributed by atoms with E-state index >= 15 is 0 Å². The maximum Gasteiger partial charge on any atom is 0.122 e. The zero-order valence-corrected chi connectivity index (χ0v) is 13.1. The lowest BCUT2D eigenvalue weighted by atomic mass is 10.2. The van der Waals surface area contributed by atoms with Crippen LogP contribution in [0.5, 0.6) is 0 Å². The number of furan rings is 1. The molecule has 2 N–H and O–H groups in total. The molecule has 1 saturated heterocycles. The predicted octanol–water partition coefficient (Wildman–Crippen LogP) is 1.75. The van der Waals surface area contributed by atoms with E-state index in [1.807, 2.05) is 0 Å². The molecule has 1 aliphatic heterocycles. The maximum atomic E-state index is 6.08. The number of hydrogen-bond donors (Lipinski definition) is 1. The van der Waals surface area contributed by atoms with Gasteiger partial charge >= 0.3 is 0 Å². The maximum absolute atomic E-state index is 6.08. The van der Waals surface area contributed by atoms with E-state index in [1.165, 1.54) is 6.42 Å². The fraction of sp³-hybridized carbons (Fsp3) is 0.750. The molecule has 118 valence electrons. The van der Waals surface area contributed by atoms with Crippen molar-refractivity contribution in [1.29, 1.82) is 0 Å². The lowest BCUT2D eigenvalue weighted by Gasteiger charge is -2.24. The van der Waals surface area contributed by atoms with E-state index in [9.17, 15) is 0 Å². The second kappa shape index (κ2) is 6.08. The number of rotatable bonds is 6. The Hall–Kier alpha value is -0.880. The van der Waals surface area contributed by atoms with Gasteiger partial charge in [-0.1, -0.05) is 6.92 Å². The average Bonchev–Trinajstić information content (AvgIpc) is 2.94. The summed E-state index contributed by atoms with van der Waals surface area (Å²) in [5.41, 5.74) is 6.00. The predicted molar refractivity (Wildman–Crippen MR) is 80.2 cm³/mol. The quantitative estimate of drug-likeness (QED) is 0.866. The molecule has 0 amide bonds. The van der Waals surface area contributed by atoms with Crippen LogP contribution in [0, 0.1) is 5.92 Å². The van der Waals surface area contributed by atoms with Crippen LogP contribution in [0.2, 0.25) is 0 Å². The van der Waals surface area contributed by atoms with E-state index in [-0.39, 0.29) is 18.2 Å². The normalized spacial score (nSPS) is 34.3. The van der Waals surface area contributed by atoms with Gasteiger partial charge in [0.05, 0.1) is 18.2 Å². The van der Waals surface area contributed by atoms with Crippen LogP contribution in [0.25, 0.3) is 0 Å². The van der Waals surface area contributed by atoms with Crippen molar-refractivity contribution in [2.75, 3.05) is 33.9 Å². The summed E-state index contributed by atoms with van der Waals surface area (Å²) in [4.78, 5) is 2.31. The topological polar surface area (TPSA) is 60.9 Å². The van der Waals surface area contributed by atoms with Crippen molar-refractivity contribution in [1.82, 2.24) is 4.90 Å². The third-order valence-electron chi connectivity index (χ3n) is 4.96. The lowest BCUT2D eigenvalue weighted by molar-refractivity contribution is -0.00461. The van der Waals surface area contributed by atoms with Crippen molar-refractivity contribution in [2.24, 2.45) is 11.7 Å². The second-order valence-electron chi connectivity index (χ2n) is 6.31. The Bertz CT molecular complexity index is 464. The van der Waals surface area contributed by atoms with Gasteiger partial charge in [0, 0.05) is 39.8 Å². The summed E-state index contributed by atoms with van der Waals surface area (Å²) < 4.78 is 17.1. The number of nitrogens with two attached hydrogens (primary N) is 1. The van der Waals surface area contributed by atoms with E-state index < -0.39 is 0 Å². The zero-order chi connectivity index (χ0) is 15.0. The highest BCUT2D eigenvalue weighted by atomic mass is 16.5. The van der Waals surface area contributed by atoms with E-state index in [4.69, 9.17) is 19.6 Å². The monoisotopic (exact) mass is 294 g/mol. The van der Waals surface area contributed by atoms with Crippen molar-refractivity contribution in [2.45, 2.75) is 37.5 Å². The van der Waals surface area contributed by atoms with E-state index in [0.29, 0.717) is 12.5 Å². The first-order chi connectivity index (χ1) is 10.2. The summed E-state index contributed by atoms with van der Waals surface area (Å²) in [5, 5.41) is 0. The summed E-state index contributed by atoms with van der Waals surface area (Å²) in [5.74, 6) is 3.44. The van der Waals surface area contributed by atoms with Crippen molar-refractivity contribution < 1.29 is 13.9 Å². The van der Waals surface area contributed by atoms with Crippen LogP contribution in [0.15, 0.2) is 16.5 Å². The summed E-state index contributed by atoms with van der Waals surface area (Å²) in [7, 11) is 3.47. The van der Waals surface area contributed by atoms with Crippen molar-refractivity contribution in [3.8, 4) is 0 Å². The molecule has 5 unspecified atom stereocenters. The zero-order valence-electron chi connectivity index (χ0n) is 13.1. The third-order valence-corrected chi connectivity index (χ3v) is 4.96. The van der Waals surface area contributed by atoms with Crippen molar-refractivity contribution >= 4 is 0 Å². The molecular weight excluding hydrogens is 268 g/mol. The molecule has 1 saturated carbocycles. The van der Waals surface area contributed by atoms with Crippen LogP contribution in [0.1, 0.15) is 36.8 Å². The van der Waals surface area contributed by atoms with Gasteiger partial charge in [0.2, 0.25) is 0 Å². The Morgan fingerprint density at radius 1 is 1.29 bits per heavy atom. The van der Waals surface area contributed by atoms with E-state index in [1.54, 1.807) is 14.2 Å². The van der Waals surface area contributed by atoms with Gasteiger partial charge in [-0.05, 0) is 24.5 Å². The minimum Gasteiger partial charge on any atom is -0.464 e. The smallest absolute Gasteiger partial charge is 0.122 e. The highest BCUT2D eigenvalue weighted by Gasteiger charge is 2.39. The van der Waals surface area contributed by atoms with Crippen LogP contribution >= 0.6 is 0 Å². The minimum atomic E-state index is 0.0990. The molecule has 1 aromatic heterocycles. The van der Waals surface area contributed by atoms with Gasteiger partial charge < -0.3 is 19.6 Å². The van der Waals surface area contributed by atoms with Crippen LogP contribution in [0.3, 0.4) is 0 Å². The molecule has 0 radical (unpaired) electrons. The van der Waals surface area contributed by atoms with Crippen LogP contribution in [0.4, 0.5) is 0 Å². The van der Waals surface area contributed by atoms with Crippen molar-refractivity contribution in [3.05, 3.63) is 23.7 Å². The Morgan fingerprint density at radius 2 is 1.90 bits per heavy atom. The number of likely N-dealkylation sites (tertiary alicyclic amines) is 1. The van der Waals surface area contributed by atoms with Gasteiger partial charge in [-0.2, -0.15) is 0 Å². The van der Waals surface area contributed by atoms with Crippen LogP contribution < -0.4 is 5.73 Å². The minimum absolute atomic E-state index is 0.0990. The molecule has 0 spiro atoms. The third kappa shape index (κ3) is 2.88. The van der Waals surface area contributed by atoms with Crippen LogP contribution in [-0.2, 0) is 9.47 Å². The molecule has 0 aromatic carbocycles. The van der Waals surface area contributed by atoms with Gasteiger partial charge in [-0.3, -0.25) is 4.90 Å². The summed E-state index contributed by atoms with van der Waals surface area (Å²) in [6.45, 7) is 4.46. The first kappa shape index (κ1) is 15.0. The molecule has 1 aromatic rings. The van der Waals surface area contributed by atoms with Crippen LogP contribution in [-0.4, -0.2) is 51.0 Å².